The van der Waals surface area contributed by atoms with Gasteiger partial charge in [-0.2, -0.15) is 5.10 Å². The van der Waals surface area contributed by atoms with Crippen molar-refractivity contribution >= 4 is 5.91 Å². The van der Waals surface area contributed by atoms with Gasteiger partial charge in [-0.3, -0.25) is 9.48 Å². The van der Waals surface area contributed by atoms with Crippen LogP contribution in [0.2, 0.25) is 0 Å². The molecule has 1 aliphatic rings. The molecule has 0 aliphatic heterocycles. The number of aliphatic hydroxyl groups is 1. The van der Waals surface area contributed by atoms with Crippen LogP contribution in [0, 0.1) is 12.3 Å². The second kappa shape index (κ2) is 5.10. The molecular weight excluding hydrogens is 230 g/mol. The van der Waals surface area contributed by atoms with Gasteiger partial charge in [0.25, 0.3) is 5.91 Å². The summed E-state index contributed by atoms with van der Waals surface area (Å²) in [6, 6.07) is 0. The third-order valence-electron chi connectivity index (χ3n) is 4.10. The van der Waals surface area contributed by atoms with E-state index >= 15 is 0 Å². The Morgan fingerprint density at radius 3 is 2.72 bits per heavy atom. The summed E-state index contributed by atoms with van der Waals surface area (Å²) in [5, 5.41) is 16.5. The van der Waals surface area contributed by atoms with Crippen LogP contribution in [-0.4, -0.2) is 33.9 Å². The number of rotatable bonds is 4. The van der Waals surface area contributed by atoms with Gasteiger partial charge in [0.05, 0.1) is 18.4 Å². The highest BCUT2D eigenvalue weighted by Crippen LogP contribution is 2.36. The lowest BCUT2D eigenvalue weighted by Gasteiger charge is -2.26. The maximum atomic E-state index is 12.0. The molecule has 100 valence electrons. The van der Waals surface area contributed by atoms with E-state index in [2.05, 4.69) is 10.4 Å². The van der Waals surface area contributed by atoms with Gasteiger partial charge in [-0.1, -0.05) is 12.8 Å². The molecule has 1 aromatic heterocycles. The topological polar surface area (TPSA) is 67.2 Å². The van der Waals surface area contributed by atoms with Crippen LogP contribution < -0.4 is 5.32 Å². The number of aryl methyl sites for hydroxylation is 1. The van der Waals surface area contributed by atoms with Gasteiger partial charge >= 0.3 is 0 Å². The van der Waals surface area contributed by atoms with E-state index in [1.165, 1.54) is 0 Å². The number of hydrogen-bond acceptors (Lipinski definition) is 3. The molecule has 1 fully saturated rings. The molecule has 0 aromatic carbocycles. The molecule has 0 unspecified atom stereocenters. The highest BCUT2D eigenvalue weighted by atomic mass is 16.3. The predicted octanol–water partition coefficient (Wildman–Crippen LogP) is 1.01. The molecule has 1 aromatic rings. The van der Waals surface area contributed by atoms with Gasteiger partial charge in [0, 0.05) is 24.7 Å². The Hall–Kier alpha value is -1.36. The molecule has 0 bridgehead atoms. The van der Waals surface area contributed by atoms with Gasteiger partial charge in [0.2, 0.25) is 0 Å². The summed E-state index contributed by atoms with van der Waals surface area (Å²) in [6.07, 6.45) is 5.86. The van der Waals surface area contributed by atoms with Crippen molar-refractivity contribution in [1.29, 1.82) is 0 Å². The molecule has 1 amide bonds. The second-order valence-electron chi connectivity index (χ2n) is 5.32. The van der Waals surface area contributed by atoms with E-state index in [0.29, 0.717) is 12.1 Å². The molecule has 0 atom stereocenters. The Morgan fingerprint density at radius 1 is 1.56 bits per heavy atom. The number of carbonyl (C=O) groups excluding carboxylic acids is 1. The smallest absolute Gasteiger partial charge is 0.254 e. The van der Waals surface area contributed by atoms with Crippen molar-refractivity contribution in [3.05, 3.63) is 17.5 Å². The largest absolute Gasteiger partial charge is 0.396 e. The summed E-state index contributed by atoms with van der Waals surface area (Å²) in [7, 11) is 1.82. The average Bonchev–Trinajstić information content (AvgIpc) is 2.96. The first-order valence-electron chi connectivity index (χ1n) is 6.46. The monoisotopic (exact) mass is 251 g/mol. The van der Waals surface area contributed by atoms with Crippen molar-refractivity contribution in [2.24, 2.45) is 12.5 Å². The molecule has 0 radical (unpaired) electrons. The highest BCUT2D eigenvalue weighted by molar-refractivity contribution is 5.95. The van der Waals surface area contributed by atoms with E-state index in [-0.39, 0.29) is 17.9 Å². The minimum absolute atomic E-state index is 0.0969. The standard InChI is InChI=1S/C13H21N3O2/c1-10-11(7-15-16(10)2)12(18)14-8-13(9-17)5-3-4-6-13/h7,17H,3-6,8-9H2,1-2H3,(H,14,18). The molecule has 5 heteroatoms. The van der Waals surface area contributed by atoms with E-state index in [1.54, 1.807) is 10.9 Å². The Balaban J connectivity index is 1.98. The molecule has 0 spiro atoms. The summed E-state index contributed by atoms with van der Waals surface area (Å²) in [5.41, 5.74) is 1.37. The van der Waals surface area contributed by atoms with Crippen LogP contribution >= 0.6 is 0 Å². The van der Waals surface area contributed by atoms with Crippen molar-refractivity contribution in [2.45, 2.75) is 32.6 Å². The molecular formula is C13H21N3O2. The van der Waals surface area contributed by atoms with Crippen LogP contribution in [0.3, 0.4) is 0 Å². The fourth-order valence-corrected chi connectivity index (χ4v) is 2.60. The van der Waals surface area contributed by atoms with Crippen molar-refractivity contribution in [2.75, 3.05) is 13.2 Å². The first kappa shape index (κ1) is 13.1. The van der Waals surface area contributed by atoms with Gasteiger partial charge in [-0.25, -0.2) is 0 Å². The molecule has 0 saturated heterocycles. The molecule has 2 rings (SSSR count). The lowest BCUT2D eigenvalue weighted by molar-refractivity contribution is 0.0880. The lowest BCUT2D eigenvalue weighted by Crippen LogP contribution is -2.38. The van der Waals surface area contributed by atoms with E-state index < -0.39 is 0 Å². The molecule has 18 heavy (non-hydrogen) atoms. The van der Waals surface area contributed by atoms with Crippen LogP contribution in [-0.2, 0) is 7.05 Å². The van der Waals surface area contributed by atoms with Crippen LogP contribution in [0.4, 0.5) is 0 Å². The Labute approximate surface area is 107 Å². The Kier molecular flexibility index (Phi) is 3.71. The summed E-state index contributed by atoms with van der Waals surface area (Å²) in [5.74, 6) is -0.0969. The first-order chi connectivity index (χ1) is 8.58. The number of aromatic nitrogens is 2. The van der Waals surface area contributed by atoms with Crippen LogP contribution in [0.5, 0.6) is 0 Å². The number of carbonyl (C=O) groups is 1. The number of amides is 1. The number of hydrogen-bond donors (Lipinski definition) is 2. The maximum absolute atomic E-state index is 12.0. The second-order valence-corrected chi connectivity index (χ2v) is 5.32. The minimum atomic E-state index is -0.105. The number of aliphatic hydroxyl groups excluding tert-OH is 1. The highest BCUT2D eigenvalue weighted by Gasteiger charge is 2.33. The number of nitrogens with zero attached hydrogens (tertiary/aromatic N) is 2. The van der Waals surface area contributed by atoms with Crippen molar-refractivity contribution in [3.8, 4) is 0 Å². The zero-order valence-electron chi connectivity index (χ0n) is 11.1. The summed E-state index contributed by atoms with van der Waals surface area (Å²) in [4.78, 5) is 12.0. The third-order valence-corrected chi connectivity index (χ3v) is 4.10. The Bertz CT molecular complexity index is 433. The maximum Gasteiger partial charge on any atom is 0.254 e. The van der Waals surface area contributed by atoms with Gasteiger partial charge < -0.3 is 10.4 Å². The van der Waals surface area contributed by atoms with Crippen LogP contribution in [0.15, 0.2) is 6.20 Å². The fraction of sp³-hybridized carbons (Fsp3) is 0.692. The first-order valence-corrected chi connectivity index (χ1v) is 6.46. The molecule has 1 aliphatic carbocycles. The summed E-state index contributed by atoms with van der Waals surface area (Å²) in [6.45, 7) is 2.58. The van der Waals surface area contributed by atoms with Crippen molar-refractivity contribution in [3.63, 3.8) is 0 Å². The normalized spacial score (nSPS) is 17.9. The van der Waals surface area contributed by atoms with Gasteiger partial charge in [-0.15, -0.1) is 0 Å². The predicted molar refractivity (Wildman–Crippen MR) is 68.3 cm³/mol. The zero-order chi connectivity index (χ0) is 13.2. The van der Waals surface area contributed by atoms with Gasteiger partial charge in [-0.05, 0) is 19.8 Å². The zero-order valence-corrected chi connectivity index (χ0v) is 11.1. The van der Waals surface area contributed by atoms with Crippen LogP contribution in [0.1, 0.15) is 41.7 Å². The van der Waals surface area contributed by atoms with Crippen molar-refractivity contribution in [1.82, 2.24) is 15.1 Å². The van der Waals surface area contributed by atoms with E-state index in [9.17, 15) is 9.90 Å². The number of nitrogens with one attached hydrogen (secondary N) is 1. The summed E-state index contributed by atoms with van der Waals surface area (Å²) >= 11 is 0. The van der Waals surface area contributed by atoms with E-state index in [0.717, 1.165) is 31.4 Å². The average molecular weight is 251 g/mol. The van der Waals surface area contributed by atoms with Gasteiger partial charge in [0.1, 0.15) is 0 Å². The minimum Gasteiger partial charge on any atom is -0.396 e. The van der Waals surface area contributed by atoms with E-state index in [4.69, 9.17) is 0 Å². The van der Waals surface area contributed by atoms with E-state index in [1.807, 2.05) is 14.0 Å². The summed E-state index contributed by atoms with van der Waals surface area (Å²) < 4.78 is 1.69. The molecule has 5 nitrogen and oxygen atoms in total. The van der Waals surface area contributed by atoms with Crippen molar-refractivity contribution < 1.29 is 9.90 Å². The molecule has 1 heterocycles. The fourth-order valence-electron chi connectivity index (χ4n) is 2.60. The molecule has 1 saturated carbocycles. The molecule has 2 N–H and O–H groups in total. The lowest BCUT2D eigenvalue weighted by atomic mass is 9.87. The Morgan fingerprint density at radius 2 is 2.22 bits per heavy atom. The quantitative estimate of drug-likeness (QED) is 0.839. The van der Waals surface area contributed by atoms with Crippen LogP contribution in [0.25, 0.3) is 0 Å². The SMILES string of the molecule is Cc1c(C(=O)NCC2(CO)CCCC2)cnn1C. The van der Waals surface area contributed by atoms with Gasteiger partial charge in [0.15, 0.2) is 0 Å². The third kappa shape index (κ3) is 2.41.